The minimum absolute atomic E-state index is 0.366. The smallest absolute Gasteiger partial charge is 0.0771 e. The maximum Gasteiger partial charge on any atom is 0.0771 e. The van der Waals surface area contributed by atoms with Crippen LogP contribution in [0, 0.1) is 0 Å². The van der Waals surface area contributed by atoms with Crippen LogP contribution in [0.2, 0.25) is 0 Å². The van der Waals surface area contributed by atoms with Crippen molar-refractivity contribution in [3.8, 4) is 0 Å². The monoisotopic (exact) mass is 241 g/mol. The van der Waals surface area contributed by atoms with Gasteiger partial charge in [0, 0.05) is 19.2 Å². The van der Waals surface area contributed by atoms with Crippen molar-refractivity contribution in [2.45, 2.75) is 76.0 Å². The molecular weight excluding hydrogens is 214 g/mol. The van der Waals surface area contributed by atoms with Gasteiger partial charge in [0.15, 0.2) is 0 Å². The van der Waals surface area contributed by atoms with Crippen molar-refractivity contribution in [2.75, 3.05) is 13.2 Å². The molecule has 2 N–H and O–H groups in total. The quantitative estimate of drug-likeness (QED) is 0.745. The zero-order valence-corrected chi connectivity index (χ0v) is 11.1. The molecule has 0 radical (unpaired) electrons. The molecule has 3 nitrogen and oxygen atoms in total. The van der Waals surface area contributed by atoms with Crippen LogP contribution in [0.15, 0.2) is 0 Å². The van der Waals surface area contributed by atoms with E-state index in [2.05, 4.69) is 12.2 Å². The van der Waals surface area contributed by atoms with Gasteiger partial charge in [-0.05, 0) is 32.6 Å². The van der Waals surface area contributed by atoms with E-state index in [0.29, 0.717) is 12.1 Å². The molecule has 1 saturated heterocycles. The second kappa shape index (κ2) is 6.17. The normalized spacial score (nSPS) is 34.2. The van der Waals surface area contributed by atoms with Gasteiger partial charge >= 0.3 is 0 Å². The van der Waals surface area contributed by atoms with Gasteiger partial charge in [-0.25, -0.2) is 0 Å². The van der Waals surface area contributed by atoms with E-state index in [-0.39, 0.29) is 0 Å². The molecule has 0 bridgehead atoms. The maximum absolute atomic E-state index is 10.6. The van der Waals surface area contributed by atoms with Crippen LogP contribution in [0.3, 0.4) is 0 Å². The second-order valence-electron chi connectivity index (χ2n) is 5.92. The van der Waals surface area contributed by atoms with Crippen molar-refractivity contribution in [3.05, 3.63) is 0 Å². The summed E-state index contributed by atoms with van der Waals surface area (Å²) in [7, 11) is 0. The van der Waals surface area contributed by atoms with Gasteiger partial charge in [0.1, 0.15) is 0 Å². The Hall–Kier alpha value is -0.120. The molecule has 100 valence electrons. The van der Waals surface area contributed by atoms with Gasteiger partial charge in [-0.3, -0.25) is 0 Å². The molecule has 1 heterocycles. The molecule has 0 aromatic carbocycles. The first-order valence-electron chi connectivity index (χ1n) is 7.25. The highest BCUT2D eigenvalue weighted by atomic mass is 16.5. The molecule has 0 aromatic rings. The maximum atomic E-state index is 10.6. The van der Waals surface area contributed by atoms with Crippen molar-refractivity contribution in [3.63, 3.8) is 0 Å². The zero-order valence-electron chi connectivity index (χ0n) is 11.1. The number of ether oxygens (including phenoxy) is 1. The molecule has 0 amide bonds. The fourth-order valence-electron chi connectivity index (χ4n) is 3.08. The summed E-state index contributed by atoms with van der Waals surface area (Å²) in [6.45, 7) is 3.76. The largest absolute Gasteiger partial charge is 0.389 e. The van der Waals surface area contributed by atoms with Gasteiger partial charge in [-0.15, -0.1) is 0 Å². The third kappa shape index (κ3) is 4.23. The van der Waals surface area contributed by atoms with E-state index in [0.717, 1.165) is 38.8 Å². The predicted octanol–water partition coefficient (Wildman–Crippen LogP) is 2.23. The van der Waals surface area contributed by atoms with Crippen molar-refractivity contribution in [2.24, 2.45) is 0 Å². The summed E-state index contributed by atoms with van der Waals surface area (Å²) in [6, 6.07) is 0.533. The standard InChI is InChI=1S/C14H27NO2/c1-12-10-13(6-9-17-12)15-11-14(16)7-4-2-3-5-8-14/h12-13,15-16H,2-11H2,1H3. The Bertz CT molecular complexity index is 224. The Morgan fingerprint density at radius 2 is 1.94 bits per heavy atom. The van der Waals surface area contributed by atoms with Crippen LogP contribution in [0.1, 0.15) is 58.3 Å². The minimum Gasteiger partial charge on any atom is -0.389 e. The average molecular weight is 241 g/mol. The van der Waals surface area contributed by atoms with E-state index in [1.165, 1.54) is 25.7 Å². The number of nitrogens with one attached hydrogen (secondary N) is 1. The molecule has 2 unspecified atom stereocenters. The van der Waals surface area contributed by atoms with Crippen LogP contribution < -0.4 is 5.32 Å². The van der Waals surface area contributed by atoms with Gasteiger partial charge < -0.3 is 15.2 Å². The van der Waals surface area contributed by atoms with Gasteiger partial charge in [-0.2, -0.15) is 0 Å². The first kappa shape index (κ1) is 13.3. The van der Waals surface area contributed by atoms with Gasteiger partial charge in [0.25, 0.3) is 0 Å². The van der Waals surface area contributed by atoms with E-state index >= 15 is 0 Å². The third-order valence-corrected chi connectivity index (χ3v) is 4.24. The van der Waals surface area contributed by atoms with Crippen LogP contribution >= 0.6 is 0 Å². The summed E-state index contributed by atoms with van der Waals surface area (Å²) in [6.07, 6.45) is 9.41. The molecule has 2 aliphatic rings. The topological polar surface area (TPSA) is 41.5 Å². The van der Waals surface area contributed by atoms with Crippen LogP contribution in [-0.4, -0.2) is 36.0 Å². The molecule has 1 aliphatic carbocycles. The number of hydrogen-bond acceptors (Lipinski definition) is 3. The summed E-state index contributed by atoms with van der Waals surface area (Å²) in [5.41, 5.74) is -0.446. The van der Waals surface area contributed by atoms with Crippen molar-refractivity contribution < 1.29 is 9.84 Å². The SMILES string of the molecule is CC1CC(NCC2(O)CCCCCC2)CCO1. The summed E-state index contributed by atoms with van der Waals surface area (Å²) >= 11 is 0. The van der Waals surface area contributed by atoms with E-state index in [1.54, 1.807) is 0 Å². The summed E-state index contributed by atoms with van der Waals surface area (Å²) in [4.78, 5) is 0. The first-order valence-corrected chi connectivity index (χ1v) is 7.25. The van der Waals surface area contributed by atoms with E-state index in [4.69, 9.17) is 4.74 Å². The van der Waals surface area contributed by atoms with Crippen molar-refractivity contribution in [1.29, 1.82) is 0 Å². The van der Waals surface area contributed by atoms with Crippen molar-refractivity contribution in [1.82, 2.24) is 5.32 Å². The number of aliphatic hydroxyl groups is 1. The highest BCUT2D eigenvalue weighted by Crippen LogP contribution is 2.26. The lowest BCUT2D eigenvalue weighted by Gasteiger charge is -2.33. The van der Waals surface area contributed by atoms with Gasteiger partial charge in [-0.1, -0.05) is 25.7 Å². The fraction of sp³-hybridized carbons (Fsp3) is 1.00. The van der Waals surface area contributed by atoms with E-state index in [9.17, 15) is 5.11 Å². The molecule has 0 spiro atoms. The van der Waals surface area contributed by atoms with Crippen LogP contribution in [0.25, 0.3) is 0 Å². The lowest BCUT2D eigenvalue weighted by atomic mass is 9.93. The van der Waals surface area contributed by atoms with Crippen LogP contribution in [0.5, 0.6) is 0 Å². The lowest BCUT2D eigenvalue weighted by molar-refractivity contribution is -0.00502. The Morgan fingerprint density at radius 3 is 2.59 bits per heavy atom. The van der Waals surface area contributed by atoms with Crippen LogP contribution in [0.4, 0.5) is 0 Å². The second-order valence-corrected chi connectivity index (χ2v) is 5.92. The Labute approximate surface area is 105 Å². The Kier molecular flexibility index (Phi) is 4.83. The lowest BCUT2D eigenvalue weighted by Crippen LogP contribution is -2.47. The number of hydrogen-bond donors (Lipinski definition) is 2. The highest BCUT2D eigenvalue weighted by molar-refractivity contribution is 4.86. The van der Waals surface area contributed by atoms with E-state index in [1.807, 2.05) is 0 Å². The van der Waals surface area contributed by atoms with Gasteiger partial charge in [0.2, 0.25) is 0 Å². The fourth-order valence-corrected chi connectivity index (χ4v) is 3.08. The molecule has 2 atom stereocenters. The summed E-state index contributed by atoms with van der Waals surface area (Å²) in [5.74, 6) is 0. The summed E-state index contributed by atoms with van der Waals surface area (Å²) < 4.78 is 5.54. The molecule has 3 heteroatoms. The van der Waals surface area contributed by atoms with Gasteiger partial charge in [0.05, 0.1) is 11.7 Å². The van der Waals surface area contributed by atoms with E-state index < -0.39 is 5.60 Å². The molecule has 0 aromatic heterocycles. The summed E-state index contributed by atoms with van der Waals surface area (Å²) in [5, 5.41) is 14.1. The Balaban J connectivity index is 1.75. The third-order valence-electron chi connectivity index (χ3n) is 4.24. The van der Waals surface area contributed by atoms with Crippen molar-refractivity contribution >= 4 is 0 Å². The number of rotatable bonds is 3. The molecule has 2 fully saturated rings. The molecule has 1 saturated carbocycles. The molecule has 17 heavy (non-hydrogen) atoms. The van der Waals surface area contributed by atoms with Crippen LogP contribution in [-0.2, 0) is 4.74 Å². The molecular formula is C14H27NO2. The zero-order chi connectivity index (χ0) is 12.1. The predicted molar refractivity (Wildman–Crippen MR) is 69.1 cm³/mol. The highest BCUT2D eigenvalue weighted by Gasteiger charge is 2.29. The molecule has 1 aliphatic heterocycles. The Morgan fingerprint density at radius 1 is 1.24 bits per heavy atom. The first-order chi connectivity index (χ1) is 8.18. The average Bonchev–Trinajstić information content (AvgIpc) is 2.53. The minimum atomic E-state index is -0.446. The molecule has 2 rings (SSSR count).